The lowest BCUT2D eigenvalue weighted by Crippen LogP contribution is -2.45. The standard InChI is InChI=1S/C38H65NO8Si/c1-24(18-17-19-25(2)37(40)46-14)33(47-48(15,16)38(6,7)8)26(3)20-27(4)35(44-12)32(42-10)21-28(5)34(43-11)30-22-29(41-9)23-31(39)36(30)45-13/h17-20,22-24,27-28,32-35H,21,39H2,1-16H3/b18-17+,25-19+,26-20+/t24-,27-,28-,32-,33+,34+,35+/m0/s1. The van der Waals surface area contributed by atoms with Crippen molar-refractivity contribution in [3.05, 3.63) is 53.1 Å². The van der Waals surface area contributed by atoms with Crippen LogP contribution in [0, 0.1) is 17.8 Å². The van der Waals surface area contributed by atoms with Gasteiger partial charge in [0.2, 0.25) is 0 Å². The van der Waals surface area contributed by atoms with Gasteiger partial charge in [0.15, 0.2) is 8.32 Å². The second-order valence-corrected chi connectivity index (χ2v) is 19.1. The quantitative estimate of drug-likeness (QED) is 0.0383. The first-order valence-corrected chi connectivity index (χ1v) is 19.6. The fourth-order valence-corrected chi connectivity index (χ4v) is 7.24. The Bertz CT molecular complexity index is 1250. The van der Waals surface area contributed by atoms with Gasteiger partial charge in [0.25, 0.3) is 0 Å². The maximum absolute atomic E-state index is 11.9. The molecule has 7 atom stereocenters. The summed E-state index contributed by atoms with van der Waals surface area (Å²) in [7, 11) is 7.59. The molecule has 1 aromatic rings. The van der Waals surface area contributed by atoms with E-state index in [9.17, 15) is 4.79 Å². The minimum Gasteiger partial charge on any atom is -0.497 e. The smallest absolute Gasteiger partial charge is 0.333 e. The second kappa shape index (κ2) is 19.5. The van der Waals surface area contributed by atoms with E-state index in [0.29, 0.717) is 29.2 Å². The number of methoxy groups -OCH3 is 6. The molecular formula is C38H65NO8Si. The molecule has 1 rings (SSSR count). The highest BCUT2D eigenvalue weighted by Crippen LogP contribution is 2.42. The van der Waals surface area contributed by atoms with E-state index in [0.717, 1.165) is 11.1 Å². The lowest BCUT2D eigenvalue weighted by molar-refractivity contribution is -0.136. The summed E-state index contributed by atoms with van der Waals surface area (Å²) in [5.41, 5.74) is 9.27. The Kier molecular flexibility index (Phi) is 17.7. The normalized spacial score (nSPS) is 17.8. The number of nitrogens with two attached hydrogens (primary N) is 1. The largest absolute Gasteiger partial charge is 0.497 e. The summed E-state index contributed by atoms with van der Waals surface area (Å²) in [4.78, 5) is 11.9. The van der Waals surface area contributed by atoms with Crippen molar-refractivity contribution in [3.8, 4) is 11.5 Å². The monoisotopic (exact) mass is 691 g/mol. The molecule has 48 heavy (non-hydrogen) atoms. The molecule has 2 N–H and O–H groups in total. The van der Waals surface area contributed by atoms with E-state index in [-0.39, 0.29) is 53.2 Å². The fourth-order valence-electron chi connectivity index (χ4n) is 5.85. The number of benzene rings is 1. The molecule has 0 amide bonds. The van der Waals surface area contributed by atoms with Crippen LogP contribution in [-0.4, -0.2) is 75.3 Å². The van der Waals surface area contributed by atoms with Crippen molar-refractivity contribution in [1.29, 1.82) is 0 Å². The highest BCUT2D eigenvalue weighted by Gasteiger charge is 2.40. The highest BCUT2D eigenvalue weighted by atomic mass is 28.4. The van der Waals surface area contributed by atoms with Crippen LogP contribution in [0.2, 0.25) is 18.1 Å². The Morgan fingerprint density at radius 2 is 1.54 bits per heavy atom. The number of carbonyl (C=O) groups excluding carboxylic acids is 1. The summed E-state index contributed by atoms with van der Waals surface area (Å²) in [6.45, 7) is 21.6. The molecule has 0 aliphatic heterocycles. The molecule has 0 aliphatic carbocycles. The fraction of sp³-hybridized carbons (Fsp3) is 0.658. The molecule has 0 spiro atoms. The topological polar surface area (TPSA) is 108 Å². The van der Waals surface area contributed by atoms with Gasteiger partial charge in [0, 0.05) is 50.4 Å². The first-order valence-electron chi connectivity index (χ1n) is 16.7. The van der Waals surface area contributed by atoms with Crippen LogP contribution >= 0.6 is 0 Å². The summed E-state index contributed by atoms with van der Waals surface area (Å²) >= 11 is 0. The number of carbonyl (C=O) groups is 1. The predicted molar refractivity (Wildman–Crippen MR) is 198 cm³/mol. The molecule has 0 aromatic heterocycles. The molecule has 0 bridgehead atoms. The van der Waals surface area contributed by atoms with Crippen LogP contribution < -0.4 is 15.2 Å². The maximum Gasteiger partial charge on any atom is 0.333 e. The third kappa shape index (κ3) is 11.8. The van der Waals surface area contributed by atoms with E-state index in [1.807, 2.05) is 12.1 Å². The number of esters is 1. The zero-order chi connectivity index (χ0) is 37.0. The number of nitrogen functional groups attached to an aromatic ring is 1. The Hall–Kier alpha value is -2.63. The summed E-state index contributed by atoms with van der Waals surface area (Å²) in [5.74, 6) is 0.914. The molecule has 0 heterocycles. The molecule has 0 unspecified atom stereocenters. The average molecular weight is 692 g/mol. The number of hydrogen-bond donors (Lipinski definition) is 1. The van der Waals surface area contributed by atoms with E-state index in [2.05, 4.69) is 73.7 Å². The van der Waals surface area contributed by atoms with Gasteiger partial charge in [-0.25, -0.2) is 4.79 Å². The third-order valence-electron chi connectivity index (χ3n) is 9.65. The molecule has 0 saturated carbocycles. The van der Waals surface area contributed by atoms with Gasteiger partial charge in [-0.15, -0.1) is 0 Å². The van der Waals surface area contributed by atoms with Crippen LogP contribution in [0.3, 0.4) is 0 Å². The number of allylic oxidation sites excluding steroid dienone is 2. The lowest BCUT2D eigenvalue weighted by atomic mass is 9.86. The summed E-state index contributed by atoms with van der Waals surface area (Å²) < 4.78 is 41.3. The zero-order valence-electron chi connectivity index (χ0n) is 32.6. The van der Waals surface area contributed by atoms with Gasteiger partial charge >= 0.3 is 5.97 Å². The molecule has 0 fully saturated rings. The second-order valence-electron chi connectivity index (χ2n) is 14.3. The van der Waals surface area contributed by atoms with Crippen LogP contribution in [0.25, 0.3) is 0 Å². The number of anilines is 1. The molecule has 1 aromatic carbocycles. The van der Waals surface area contributed by atoms with Crippen molar-refractivity contribution in [3.63, 3.8) is 0 Å². The lowest BCUT2D eigenvalue weighted by Gasteiger charge is -2.41. The molecule has 0 radical (unpaired) electrons. The first kappa shape index (κ1) is 43.4. The Morgan fingerprint density at radius 3 is 2.02 bits per heavy atom. The number of ether oxygens (including phenoxy) is 6. The van der Waals surface area contributed by atoms with Crippen molar-refractivity contribution in [2.24, 2.45) is 17.8 Å². The number of hydrogen-bond acceptors (Lipinski definition) is 9. The molecule has 10 heteroatoms. The van der Waals surface area contributed by atoms with Gasteiger partial charge in [-0.2, -0.15) is 0 Å². The molecule has 0 aliphatic rings. The molecular weight excluding hydrogens is 627 g/mol. The van der Waals surface area contributed by atoms with Crippen molar-refractivity contribution in [1.82, 2.24) is 0 Å². The SMILES string of the molecule is COC(=O)/C(C)=C/C=C/[C@H](C)[C@@H](O[Si](C)(C)C(C)(C)C)/C(C)=C/[C@H](C)[C@@H](OC)[C@H](C[C@H](C)[C@@H](OC)c1cc(OC)cc(N)c1OC)OC. The van der Waals surface area contributed by atoms with Crippen LogP contribution in [-0.2, 0) is 28.2 Å². The molecule has 0 saturated heterocycles. The van der Waals surface area contributed by atoms with Crippen molar-refractivity contribution >= 4 is 20.0 Å². The van der Waals surface area contributed by atoms with Gasteiger partial charge in [0.1, 0.15) is 11.5 Å². The Balaban J connectivity index is 3.44. The van der Waals surface area contributed by atoms with E-state index in [1.54, 1.807) is 54.6 Å². The first-order chi connectivity index (χ1) is 22.3. The van der Waals surface area contributed by atoms with Crippen LogP contribution in [0.1, 0.15) is 73.5 Å². The molecule has 274 valence electrons. The minimum absolute atomic E-state index is 0.00157. The molecule has 9 nitrogen and oxygen atoms in total. The highest BCUT2D eigenvalue weighted by molar-refractivity contribution is 6.74. The van der Waals surface area contributed by atoms with E-state index in [4.69, 9.17) is 38.6 Å². The van der Waals surface area contributed by atoms with Crippen molar-refractivity contribution in [2.75, 3.05) is 48.4 Å². The van der Waals surface area contributed by atoms with Crippen LogP contribution in [0.5, 0.6) is 11.5 Å². The Morgan fingerprint density at radius 1 is 0.917 bits per heavy atom. The van der Waals surface area contributed by atoms with Gasteiger partial charge in [-0.05, 0) is 56.0 Å². The maximum atomic E-state index is 11.9. The average Bonchev–Trinajstić information content (AvgIpc) is 3.02. The third-order valence-corrected chi connectivity index (χ3v) is 14.1. The zero-order valence-corrected chi connectivity index (χ0v) is 33.6. The van der Waals surface area contributed by atoms with Gasteiger partial charge in [-0.3, -0.25) is 0 Å². The van der Waals surface area contributed by atoms with Crippen LogP contribution in [0.4, 0.5) is 5.69 Å². The summed E-state index contributed by atoms with van der Waals surface area (Å²) in [5, 5.41) is 0.0301. The predicted octanol–water partition coefficient (Wildman–Crippen LogP) is 8.31. The van der Waals surface area contributed by atoms with Crippen molar-refractivity contribution < 1.29 is 37.6 Å². The van der Waals surface area contributed by atoms with Gasteiger partial charge in [-0.1, -0.05) is 65.8 Å². The van der Waals surface area contributed by atoms with E-state index < -0.39 is 8.32 Å². The minimum atomic E-state index is -2.15. The van der Waals surface area contributed by atoms with Gasteiger partial charge in [0.05, 0.1) is 51.4 Å². The van der Waals surface area contributed by atoms with Gasteiger partial charge < -0.3 is 38.6 Å². The van der Waals surface area contributed by atoms with Crippen molar-refractivity contribution in [2.45, 2.75) is 104 Å². The summed E-state index contributed by atoms with van der Waals surface area (Å²) in [6, 6.07) is 3.66. The Labute approximate surface area is 292 Å². The van der Waals surface area contributed by atoms with Crippen LogP contribution in [0.15, 0.2) is 47.6 Å². The number of rotatable bonds is 19. The van der Waals surface area contributed by atoms with E-state index >= 15 is 0 Å². The van der Waals surface area contributed by atoms with E-state index in [1.165, 1.54) is 7.11 Å². The summed E-state index contributed by atoms with van der Waals surface area (Å²) in [6.07, 6.45) is 7.71.